The van der Waals surface area contributed by atoms with Crippen LogP contribution >= 0.6 is 22.7 Å². The number of hydrogen-bond acceptors (Lipinski definition) is 6. The molecule has 0 spiro atoms. The number of carbonyl (C=O) groups excluding carboxylic acids is 1. The second-order valence-electron chi connectivity index (χ2n) is 5.95. The quantitative estimate of drug-likeness (QED) is 0.768. The summed E-state index contributed by atoms with van der Waals surface area (Å²) in [7, 11) is 0. The number of nitrogens with zero attached hydrogens (tertiary/aromatic N) is 3. The Bertz CT molecular complexity index is 874. The van der Waals surface area contributed by atoms with Gasteiger partial charge in [0.2, 0.25) is 0 Å². The molecule has 1 amide bonds. The second-order valence-corrected chi connectivity index (χ2v) is 7.92. The van der Waals surface area contributed by atoms with Gasteiger partial charge < -0.3 is 10.2 Å². The predicted octanol–water partition coefficient (Wildman–Crippen LogP) is 3.36. The summed E-state index contributed by atoms with van der Waals surface area (Å²) in [6, 6.07) is 5.96. The van der Waals surface area contributed by atoms with E-state index in [1.165, 1.54) is 0 Å². The molecule has 1 atom stereocenters. The number of amides is 1. The molecule has 0 aromatic carbocycles. The summed E-state index contributed by atoms with van der Waals surface area (Å²) in [6.07, 6.45) is 3.56. The van der Waals surface area contributed by atoms with Crippen LogP contribution in [0.15, 0.2) is 41.4 Å². The fourth-order valence-corrected chi connectivity index (χ4v) is 4.59. The third-order valence-electron chi connectivity index (χ3n) is 4.31. The molecule has 25 heavy (non-hydrogen) atoms. The molecule has 0 saturated carbocycles. The number of carbonyl (C=O) groups is 1. The van der Waals surface area contributed by atoms with Crippen molar-refractivity contribution in [3.05, 3.63) is 57.5 Å². The van der Waals surface area contributed by atoms with Gasteiger partial charge in [0.1, 0.15) is 0 Å². The number of thiophene rings is 1. The molecule has 0 aliphatic carbocycles. The van der Waals surface area contributed by atoms with Crippen molar-refractivity contribution in [2.75, 3.05) is 19.6 Å². The lowest BCUT2D eigenvalue weighted by Gasteiger charge is -2.36. The maximum absolute atomic E-state index is 13.1. The average molecular weight is 371 g/mol. The number of rotatable bonds is 3. The Balaban J connectivity index is 1.60. The zero-order chi connectivity index (χ0) is 17.2. The van der Waals surface area contributed by atoms with Gasteiger partial charge in [-0.25, -0.2) is 4.98 Å². The first kappa shape index (κ1) is 16.4. The van der Waals surface area contributed by atoms with Crippen molar-refractivity contribution in [1.29, 1.82) is 0 Å². The molecular formula is C18H18N4OS2. The van der Waals surface area contributed by atoms with Crippen LogP contribution in [0.3, 0.4) is 0 Å². The minimum atomic E-state index is 0.0362. The van der Waals surface area contributed by atoms with E-state index in [1.807, 2.05) is 40.8 Å². The lowest BCUT2D eigenvalue weighted by Crippen LogP contribution is -2.48. The summed E-state index contributed by atoms with van der Waals surface area (Å²) in [4.78, 5) is 24.7. The fourth-order valence-electron chi connectivity index (χ4n) is 3.06. The number of piperazine rings is 1. The molecule has 0 radical (unpaired) electrons. The first-order valence-electron chi connectivity index (χ1n) is 8.15. The summed E-state index contributed by atoms with van der Waals surface area (Å²) in [5.74, 6) is 0.0813. The summed E-state index contributed by atoms with van der Waals surface area (Å²) < 4.78 is 0. The van der Waals surface area contributed by atoms with Crippen molar-refractivity contribution >= 4 is 28.6 Å². The van der Waals surface area contributed by atoms with Crippen molar-refractivity contribution in [1.82, 2.24) is 20.2 Å². The van der Waals surface area contributed by atoms with Crippen LogP contribution in [0.2, 0.25) is 0 Å². The van der Waals surface area contributed by atoms with Gasteiger partial charge in [-0.3, -0.25) is 9.78 Å². The van der Waals surface area contributed by atoms with Gasteiger partial charge in [-0.05, 0) is 30.7 Å². The van der Waals surface area contributed by atoms with Crippen LogP contribution in [-0.4, -0.2) is 40.4 Å². The molecule has 4 rings (SSSR count). The highest BCUT2D eigenvalue weighted by Gasteiger charge is 2.29. The minimum Gasteiger partial charge on any atom is -0.329 e. The topological polar surface area (TPSA) is 58.1 Å². The molecule has 128 valence electrons. The largest absolute Gasteiger partial charge is 0.329 e. The number of aryl methyl sites for hydroxylation is 1. The lowest BCUT2D eigenvalue weighted by atomic mass is 10.0. The first-order chi connectivity index (χ1) is 12.2. The number of nitrogens with one attached hydrogen (secondary N) is 1. The van der Waals surface area contributed by atoms with E-state index in [4.69, 9.17) is 0 Å². The Morgan fingerprint density at radius 1 is 1.28 bits per heavy atom. The van der Waals surface area contributed by atoms with Crippen LogP contribution in [0.4, 0.5) is 0 Å². The third kappa shape index (κ3) is 3.35. The number of thiazole rings is 1. The van der Waals surface area contributed by atoms with Crippen molar-refractivity contribution in [3.63, 3.8) is 0 Å². The summed E-state index contributed by atoms with van der Waals surface area (Å²) in [5, 5.41) is 8.41. The molecule has 3 aromatic heterocycles. The second kappa shape index (κ2) is 7.03. The molecule has 5 nitrogen and oxygen atoms in total. The molecule has 1 aliphatic rings. The van der Waals surface area contributed by atoms with Gasteiger partial charge in [-0.2, -0.15) is 0 Å². The van der Waals surface area contributed by atoms with E-state index in [-0.39, 0.29) is 11.9 Å². The van der Waals surface area contributed by atoms with Gasteiger partial charge >= 0.3 is 0 Å². The Morgan fingerprint density at radius 3 is 2.88 bits per heavy atom. The number of hydrogen-bond donors (Lipinski definition) is 1. The molecule has 1 N–H and O–H groups in total. The van der Waals surface area contributed by atoms with Crippen molar-refractivity contribution in [3.8, 4) is 10.6 Å². The van der Waals surface area contributed by atoms with Crippen LogP contribution in [0.25, 0.3) is 10.6 Å². The molecule has 7 heteroatoms. The van der Waals surface area contributed by atoms with Gasteiger partial charge in [-0.1, -0.05) is 0 Å². The number of pyridine rings is 1. The van der Waals surface area contributed by atoms with Crippen LogP contribution in [-0.2, 0) is 0 Å². The van der Waals surface area contributed by atoms with Gasteiger partial charge in [0.25, 0.3) is 5.91 Å². The fraction of sp³-hybridized carbons (Fsp3) is 0.278. The normalized spacial score (nSPS) is 17.6. The number of aromatic nitrogens is 2. The molecule has 0 bridgehead atoms. The lowest BCUT2D eigenvalue weighted by molar-refractivity contribution is 0.0635. The van der Waals surface area contributed by atoms with Gasteiger partial charge in [0.15, 0.2) is 0 Å². The van der Waals surface area contributed by atoms with Crippen molar-refractivity contribution in [2.45, 2.75) is 13.0 Å². The van der Waals surface area contributed by atoms with E-state index >= 15 is 0 Å². The van der Waals surface area contributed by atoms with Gasteiger partial charge in [0.05, 0.1) is 27.2 Å². The van der Waals surface area contributed by atoms with Crippen molar-refractivity contribution < 1.29 is 4.79 Å². The Labute approximate surface area is 154 Å². The highest BCUT2D eigenvalue weighted by atomic mass is 32.1. The first-order valence-corrected chi connectivity index (χ1v) is 9.91. The molecule has 4 heterocycles. The highest BCUT2D eigenvalue weighted by molar-refractivity contribution is 7.14. The SMILES string of the molecule is Cc1nc(-c2cc(C(=O)N3CCNCC3c3ccncc3)cs2)cs1. The average Bonchev–Trinajstić information content (AvgIpc) is 3.31. The third-order valence-corrected chi connectivity index (χ3v) is 6.04. The van der Waals surface area contributed by atoms with E-state index in [1.54, 1.807) is 35.1 Å². The summed E-state index contributed by atoms with van der Waals surface area (Å²) in [5.41, 5.74) is 2.81. The Morgan fingerprint density at radius 2 is 2.12 bits per heavy atom. The molecule has 1 aliphatic heterocycles. The Hall–Kier alpha value is -2.09. The van der Waals surface area contributed by atoms with Crippen LogP contribution < -0.4 is 5.32 Å². The van der Waals surface area contributed by atoms with E-state index in [0.717, 1.165) is 39.8 Å². The minimum absolute atomic E-state index is 0.0362. The van der Waals surface area contributed by atoms with Gasteiger partial charge in [-0.15, -0.1) is 22.7 Å². The zero-order valence-corrected chi connectivity index (χ0v) is 15.4. The van der Waals surface area contributed by atoms with Crippen molar-refractivity contribution in [2.24, 2.45) is 0 Å². The van der Waals surface area contributed by atoms with E-state index in [0.29, 0.717) is 6.54 Å². The van der Waals surface area contributed by atoms with Crippen LogP contribution in [0.1, 0.15) is 27.0 Å². The van der Waals surface area contributed by atoms with Crippen LogP contribution in [0.5, 0.6) is 0 Å². The summed E-state index contributed by atoms with van der Waals surface area (Å²) >= 11 is 3.21. The molecule has 3 aromatic rings. The predicted molar refractivity (Wildman–Crippen MR) is 101 cm³/mol. The molecule has 1 fully saturated rings. The van der Waals surface area contributed by atoms with E-state index < -0.39 is 0 Å². The summed E-state index contributed by atoms with van der Waals surface area (Å²) in [6.45, 7) is 4.27. The smallest absolute Gasteiger partial charge is 0.255 e. The molecule has 1 saturated heterocycles. The Kier molecular flexibility index (Phi) is 4.61. The maximum atomic E-state index is 13.1. The van der Waals surface area contributed by atoms with Crippen LogP contribution in [0, 0.1) is 6.92 Å². The zero-order valence-electron chi connectivity index (χ0n) is 13.8. The molecule has 1 unspecified atom stereocenters. The molecular weight excluding hydrogens is 352 g/mol. The van der Waals surface area contributed by atoms with E-state index in [9.17, 15) is 4.79 Å². The van der Waals surface area contributed by atoms with Gasteiger partial charge in [0, 0.05) is 42.8 Å². The van der Waals surface area contributed by atoms with E-state index in [2.05, 4.69) is 15.3 Å². The maximum Gasteiger partial charge on any atom is 0.255 e. The standard InChI is InChI=1S/C18H18N4OS2/c1-12-21-15(11-24-12)17-8-14(10-25-17)18(23)22-7-6-20-9-16(22)13-2-4-19-5-3-13/h2-5,8,10-11,16,20H,6-7,9H2,1H3. The highest BCUT2D eigenvalue weighted by Crippen LogP contribution is 2.30. The monoisotopic (exact) mass is 370 g/mol.